The summed E-state index contributed by atoms with van der Waals surface area (Å²) in [5, 5.41) is 0. The van der Waals surface area contributed by atoms with E-state index < -0.39 is 0 Å². The van der Waals surface area contributed by atoms with E-state index in [1.165, 1.54) is 0 Å². The van der Waals surface area contributed by atoms with Crippen LogP contribution >= 0.6 is 0 Å². The lowest BCUT2D eigenvalue weighted by Gasteiger charge is -2.42. The lowest BCUT2D eigenvalue weighted by molar-refractivity contribution is -0.842. The smallest absolute Gasteiger partial charge is 0.310 e. The molecule has 4 nitrogen and oxygen atoms in total. The first kappa shape index (κ1) is 11.7. The largest absolute Gasteiger partial charge is 0.363 e. The summed E-state index contributed by atoms with van der Waals surface area (Å²) in [6.45, 7) is 5.04. The van der Waals surface area contributed by atoms with Crippen LogP contribution in [-0.4, -0.2) is 48.0 Å². The van der Waals surface area contributed by atoms with Crippen LogP contribution in [0, 0.1) is 0 Å². The molecule has 1 spiro atoms. The van der Waals surface area contributed by atoms with Gasteiger partial charge >= 0.3 is 5.91 Å². The quantitative estimate of drug-likeness (QED) is 0.576. The van der Waals surface area contributed by atoms with Gasteiger partial charge < -0.3 is 4.74 Å². The van der Waals surface area contributed by atoms with Crippen LogP contribution in [0.1, 0.15) is 33.1 Å². The summed E-state index contributed by atoms with van der Waals surface area (Å²) >= 11 is 0. The molecule has 90 valence electrons. The number of rotatable bonds is 0. The van der Waals surface area contributed by atoms with Gasteiger partial charge in [0.15, 0.2) is 5.78 Å². The predicted octanol–water partition coefficient (Wildman–Crippen LogP) is 0.890. The summed E-state index contributed by atoms with van der Waals surface area (Å²) in [5.41, 5.74) is -0.260. The van der Waals surface area contributed by atoms with Crippen LogP contribution in [0.4, 0.5) is 0 Å². The minimum absolute atomic E-state index is 0.201. The molecule has 16 heavy (non-hydrogen) atoms. The number of ether oxygens (including phenoxy) is 1. The highest BCUT2D eigenvalue weighted by Crippen LogP contribution is 2.38. The molecule has 0 saturated carbocycles. The molecule has 2 heterocycles. The minimum Gasteiger partial charge on any atom is -0.363 e. The van der Waals surface area contributed by atoms with E-state index in [1.54, 1.807) is 6.92 Å². The number of quaternary nitrogens is 1. The topological polar surface area (TPSA) is 43.4 Å². The zero-order valence-electron chi connectivity index (χ0n) is 10.3. The second-order valence-electron chi connectivity index (χ2n) is 5.45. The summed E-state index contributed by atoms with van der Waals surface area (Å²) in [5.74, 6) is 0.408. The Balaban J connectivity index is 2.05. The maximum atomic E-state index is 11.5. The fraction of sp³-hybridized carbons (Fsp3) is 0.833. The van der Waals surface area contributed by atoms with Gasteiger partial charge in [0.1, 0.15) is 6.10 Å². The first-order chi connectivity index (χ1) is 7.37. The molecule has 0 aliphatic carbocycles. The van der Waals surface area contributed by atoms with Crippen molar-refractivity contribution in [2.24, 2.45) is 0 Å². The molecule has 0 aromatic rings. The fourth-order valence-corrected chi connectivity index (χ4v) is 2.69. The second kappa shape index (κ2) is 3.64. The first-order valence-corrected chi connectivity index (χ1v) is 5.93. The number of amides is 1. The average molecular weight is 226 g/mol. The van der Waals surface area contributed by atoms with Crippen LogP contribution in [0.5, 0.6) is 0 Å². The summed E-state index contributed by atoms with van der Waals surface area (Å²) in [7, 11) is 1.97. The number of carbonyl (C=O) groups excluding carboxylic acids is 2. The van der Waals surface area contributed by atoms with Crippen molar-refractivity contribution in [3.8, 4) is 0 Å². The van der Waals surface area contributed by atoms with Crippen molar-refractivity contribution in [3.63, 3.8) is 0 Å². The zero-order chi connectivity index (χ0) is 12.0. The Labute approximate surface area is 96.1 Å². The van der Waals surface area contributed by atoms with Gasteiger partial charge in [-0.3, -0.25) is 9.28 Å². The number of Topliss-reactive ketones (excluding diaryl/α,β-unsaturated/α-hetero) is 1. The number of carbonyl (C=O) groups is 2. The second-order valence-corrected chi connectivity index (χ2v) is 5.45. The fourth-order valence-electron chi connectivity index (χ4n) is 2.69. The van der Waals surface area contributed by atoms with Crippen molar-refractivity contribution < 1.29 is 18.8 Å². The van der Waals surface area contributed by atoms with Crippen molar-refractivity contribution >= 4 is 11.7 Å². The van der Waals surface area contributed by atoms with Gasteiger partial charge in [0.25, 0.3) is 0 Å². The summed E-state index contributed by atoms with van der Waals surface area (Å²) in [6, 6.07) is 0. The van der Waals surface area contributed by atoms with Crippen molar-refractivity contribution in [1.29, 1.82) is 0 Å². The Kier molecular flexibility index (Phi) is 2.67. The van der Waals surface area contributed by atoms with Gasteiger partial charge in [-0.25, -0.2) is 4.79 Å². The zero-order valence-corrected chi connectivity index (χ0v) is 10.3. The van der Waals surface area contributed by atoms with E-state index in [4.69, 9.17) is 4.74 Å². The Hall–Kier alpha value is -0.740. The molecule has 0 bridgehead atoms. The average Bonchev–Trinajstić information content (AvgIpc) is 2.48. The van der Waals surface area contributed by atoms with Crippen molar-refractivity contribution in [1.82, 2.24) is 0 Å². The highest BCUT2D eigenvalue weighted by molar-refractivity contribution is 5.85. The molecule has 2 aliphatic heterocycles. The molecule has 0 radical (unpaired) electrons. The molecule has 1 atom stereocenters. The molecule has 2 aliphatic rings. The molecule has 2 saturated heterocycles. The van der Waals surface area contributed by atoms with Gasteiger partial charge in [-0.05, 0) is 6.92 Å². The Morgan fingerprint density at radius 3 is 2.38 bits per heavy atom. The van der Waals surface area contributed by atoms with Gasteiger partial charge in [0, 0.05) is 19.3 Å². The van der Waals surface area contributed by atoms with E-state index in [2.05, 4.69) is 0 Å². The van der Waals surface area contributed by atoms with Crippen LogP contribution in [0.15, 0.2) is 0 Å². The third kappa shape index (κ3) is 1.80. The van der Waals surface area contributed by atoms with Crippen molar-refractivity contribution in [2.75, 3.05) is 20.1 Å². The first-order valence-electron chi connectivity index (χ1n) is 5.93. The monoisotopic (exact) mass is 226 g/mol. The molecular formula is C12H20NO3+. The number of hydrogen-bond acceptors (Lipinski definition) is 3. The van der Waals surface area contributed by atoms with Gasteiger partial charge in [0.2, 0.25) is 0 Å². The van der Waals surface area contributed by atoms with E-state index in [1.807, 2.05) is 14.0 Å². The van der Waals surface area contributed by atoms with E-state index in [-0.39, 0.29) is 23.4 Å². The number of hydrogen-bond donors (Lipinski definition) is 0. The van der Waals surface area contributed by atoms with E-state index in [9.17, 15) is 9.59 Å². The highest BCUT2D eigenvalue weighted by Gasteiger charge is 2.50. The SMILES string of the molecule is CC(=O)[N+]1(C)CCC2(CC1)CC(=O)C(C)O2. The molecule has 2 fully saturated rings. The van der Waals surface area contributed by atoms with Crippen LogP contribution < -0.4 is 0 Å². The highest BCUT2D eigenvalue weighted by atomic mass is 16.5. The molecule has 1 unspecified atom stereocenters. The predicted molar refractivity (Wildman–Crippen MR) is 58.7 cm³/mol. The molecule has 0 aromatic heterocycles. The third-order valence-electron chi connectivity index (χ3n) is 4.26. The molecule has 4 heteroatoms. The van der Waals surface area contributed by atoms with Crippen LogP contribution in [0.3, 0.4) is 0 Å². The van der Waals surface area contributed by atoms with Gasteiger partial charge in [-0.1, -0.05) is 0 Å². The molecular weight excluding hydrogens is 206 g/mol. The van der Waals surface area contributed by atoms with Crippen molar-refractivity contribution in [2.45, 2.75) is 44.8 Å². The Morgan fingerprint density at radius 2 is 2.00 bits per heavy atom. The molecule has 1 amide bonds. The maximum absolute atomic E-state index is 11.5. The summed E-state index contributed by atoms with van der Waals surface area (Å²) in [6.07, 6.45) is 1.92. The normalized spacial score (nSPS) is 43.9. The van der Waals surface area contributed by atoms with Crippen molar-refractivity contribution in [3.05, 3.63) is 0 Å². The molecule has 2 rings (SSSR count). The molecule has 0 N–H and O–H groups in total. The van der Waals surface area contributed by atoms with Crippen LogP contribution in [0.2, 0.25) is 0 Å². The number of nitrogens with zero attached hydrogens (tertiary/aromatic N) is 1. The maximum Gasteiger partial charge on any atom is 0.310 e. The Bertz CT molecular complexity index is 329. The minimum atomic E-state index is -0.260. The van der Waals surface area contributed by atoms with E-state index >= 15 is 0 Å². The Morgan fingerprint density at radius 1 is 1.44 bits per heavy atom. The van der Waals surface area contributed by atoms with E-state index in [0.29, 0.717) is 10.9 Å². The molecule has 0 aromatic carbocycles. The summed E-state index contributed by atoms with van der Waals surface area (Å²) < 4.78 is 6.28. The van der Waals surface area contributed by atoms with Crippen LogP contribution in [-0.2, 0) is 14.3 Å². The van der Waals surface area contributed by atoms with Crippen LogP contribution in [0.25, 0.3) is 0 Å². The van der Waals surface area contributed by atoms with Gasteiger partial charge in [-0.2, -0.15) is 0 Å². The summed E-state index contributed by atoms with van der Waals surface area (Å²) in [4.78, 5) is 23.1. The number of likely N-dealkylation sites (tertiary alicyclic amines) is 1. The number of ketones is 1. The lowest BCUT2D eigenvalue weighted by Crippen LogP contribution is -2.57. The third-order valence-corrected chi connectivity index (χ3v) is 4.26. The van der Waals surface area contributed by atoms with Gasteiger partial charge in [-0.15, -0.1) is 0 Å². The van der Waals surface area contributed by atoms with Gasteiger partial charge in [0.05, 0.1) is 32.7 Å². The van der Waals surface area contributed by atoms with E-state index in [0.717, 1.165) is 25.9 Å². The number of piperidine rings is 1. The lowest BCUT2D eigenvalue weighted by atomic mass is 9.87. The standard InChI is InChI=1S/C12H20NO3/c1-9-11(15)8-12(16-9)4-6-13(3,7-5-12)10(2)14/h9H,4-8H2,1-3H3/q+1.